The summed E-state index contributed by atoms with van der Waals surface area (Å²) < 4.78 is 5.07. The molecular weight excluding hydrogens is 376 g/mol. The van der Waals surface area contributed by atoms with E-state index in [2.05, 4.69) is 5.32 Å². The van der Waals surface area contributed by atoms with Gasteiger partial charge in [-0.3, -0.25) is 19.2 Å². The smallest absolute Gasteiger partial charge is 0.252 e. The fraction of sp³-hybridized carbons (Fsp3) is 0.524. The molecule has 0 radical (unpaired) electrons. The molecule has 8 nitrogen and oxygen atoms in total. The monoisotopic (exact) mass is 404 g/mol. The summed E-state index contributed by atoms with van der Waals surface area (Å²) in [6.45, 7) is 5.18. The lowest BCUT2D eigenvalue weighted by Gasteiger charge is -2.21. The molecule has 1 heterocycles. The number of carbonyl (C=O) groups is 4. The summed E-state index contributed by atoms with van der Waals surface area (Å²) in [5.41, 5.74) is 6.25. The lowest BCUT2D eigenvalue weighted by atomic mass is 9.89. The molecule has 0 bridgehead atoms. The molecule has 4 atom stereocenters. The van der Waals surface area contributed by atoms with Gasteiger partial charge in [-0.1, -0.05) is 26.0 Å². The highest BCUT2D eigenvalue weighted by Crippen LogP contribution is 2.24. The largest absolute Gasteiger partial charge is 0.508 e. The Bertz CT molecular complexity index is 774. The minimum atomic E-state index is -0.862. The van der Waals surface area contributed by atoms with Gasteiger partial charge in [-0.25, -0.2) is 0 Å². The van der Waals surface area contributed by atoms with Crippen LogP contribution in [0.15, 0.2) is 24.3 Å². The fourth-order valence-corrected chi connectivity index (χ4v) is 3.19. The number of benzene rings is 1. The number of primary amides is 1. The minimum absolute atomic E-state index is 0.103. The molecule has 1 saturated heterocycles. The van der Waals surface area contributed by atoms with Gasteiger partial charge in [0.2, 0.25) is 5.91 Å². The standard InChI is InChI=1S/C21H28N2O6/c1-11(2)8-16(23-21(28)19-18(29-19)12(3)24)17(26)10-14(20(22)27)9-13-4-6-15(25)7-5-13/h4-7,11,14,16,18-19,25H,8-10H2,1-3H3,(H2,22,27)(H,23,28)/t14?,16-,18?,19?/m0/s1. The molecule has 1 aliphatic heterocycles. The molecule has 3 unspecified atom stereocenters. The lowest BCUT2D eigenvalue weighted by Crippen LogP contribution is -2.45. The van der Waals surface area contributed by atoms with Gasteiger partial charge < -0.3 is 20.9 Å². The van der Waals surface area contributed by atoms with Gasteiger partial charge in [0.05, 0.1) is 6.04 Å². The Hall–Kier alpha value is -2.74. The van der Waals surface area contributed by atoms with E-state index in [1.807, 2.05) is 13.8 Å². The number of phenolic OH excluding ortho intramolecular Hbond substituents is 1. The molecule has 0 spiro atoms. The molecule has 8 heteroatoms. The number of hydrogen-bond donors (Lipinski definition) is 3. The first-order valence-corrected chi connectivity index (χ1v) is 9.64. The third kappa shape index (κ3) is 6.67. The van der Waals surface area contributed by atoms with Crippen molar-refractivity contribution in [3.8, 4) is 5.75 Å². The number of ether oxygens (including phenoxy) is 1. The quantitative estimate of drug-likeness (QED) is 0.468. The number of aromatic hydroxyl groups is 1. The predicted octanol–water partition coefficient (Wildman–Crippen LogP) is 0.883. The Morgan fingerprint density at radius 2 is 1.76 bits per heavy atom. The van der Waals surface area contributed by atoms with Gasteiger partial charge in [0.15, 0.2) is 23.8 Å². The molecular formula is C21H28N2O6. The Morgan fingerprint density at radius 1 is 1.14 bits per heavy atom. The second kappa shape index (κ2) is 9.65. The number of epoxide rings is 1. The van der Waals surface area contributed by atoms with Gasteiger partial charge >= 0.3 is 0 Å². The van der Waals surface area contributed by atoms with E-state index in [0.717, 1.165) is 5.56 Å². The molecule has 158 valence electrons. The number of phenols is 1. The Morgan fingerprint density at radius 3 is 2.24 bits per heavy atom. The van der Waals surface area contributed by atoms with Crippen LogP contribution >= 0.6 is 0 Å². The molecule has 1 aliphatic rings. The average molecular weight is 404 g/mol. The van der Waals surface area contributed by atoms with Crippen molar-refractivity contribution in [3.05, 3.63) is 29.8 Å². The summed E-state index contributed by atoms with van der Waals surface area (Å²) >= 11 is 0. The third-order valence-electron chi connectivity index (χ3n) is 4.83. The summed E-state index contributed by atoms with van der Waals surface area (Å²) in [6.07, 6.45) is -1.08. The topological polar surface area (TPSA) is 139 Å². The van der Waals surface area contributed by atoms with E-state index < -0.39 is 36.0 Å². The number of nitrogens with two attached hydrogens (primary N) is 1. The third-order valence-corrected chi connectivity index (χ3v) is 4.83. The SMILES string of the molecule is CC(=O)C1OC1C(=O)N[C@@H](CC(C)C)C(=O)CC(Cc1ccc(O)cc1)C(N)=O. The average Bonchev–Trinajstić information content (AvgIpc) is 3.43. The van der Waals surface area contributed by atoms with Crippen LogP contribution in [-0.2, 0) is 30.3 Å². The van der Waals surface area contributed by atoms with Crippen molar-refractivity contribution in [2.45, 2.75) is 58.3 Å². The molecule has 29 heavy (non-hydrogen) atoms. The summed E-state index contributed by atoms with van der Waals surface area (Å²) in [5.74, 6) is -2.15. The van der Waals surface area contributed by atoms with E-state index in [4.69, 9.17) is 10.5 Å². The minimum Gasteiger partial charge on any atom is -0.508 e. The summed E-state index contributed by atoms with van der Waals surface area (Å²) in [7, 11) is 0. The van der Waals surface area contributed by atoms with Gasteiger partial charge in [0, 0.05) is 12.3 Å². The van der Waals surface area contributed by atoms with Crippen molar-refractivity contribution >= 4 is 23.4 Å². The molecule has 1 fully saturated rings. The number of nitrogens with one attached hydrogen (secondary N) is 1. The second-order valence-electron chi connectivity index (χ2n) is 7.92. The van der Waals surface area contributed by atoms with Crippen LogP contribution in [0.5, 0.6) is 5.75 Å². The molecule has 0 aromatic heterocycles. The van der Waals surface area contributed by atoms with E-state index in [1.165, 1.54) is 19.1 Å². The van der Waals surface area contributed by atoms with E-state index in [-0.39, 0.29) is 36.1 Å². The van der Waals surface area contributed by atoms with Crippen molar-refractivity contribution < 1.29 is 29.0 Å². The normalized spacial score (nSPS) is 20.0. The van der Waals surface area contributed by atoms with Crippen molar-refractivity contribution in [2.75, 3.05) is 0 Å². The van der Waals surface area contributed by atoms with Gasteiger partial charge in [-0.2, -0.15) is 0 Å². The zero-order valence-corrected chi connectivity index (χ0v) is 16.9. The van der Waals surface area contributed by atoms with E-state index in [1.54, 1.807) is 12.1 Å². The summed E-state index contributed by atoms with van der Waals surface area (Å²) in [5, 5.41) is 12.0. The van der Waals surface area contributed by atoms with Crippen LogP contribution in [0.1, 0.15) is 39.2 Å². The highest BCUT2D eigenvalue weighted by atomic mass is 16.6. The van der Waals surface area contributed by atoms with Gasteiger partial charge in [0.1, 0.15) is 5.75 Å². The van der Waals surface area contributed by atoms with Gasteiger partial charge in [-0.15, -0.1) is 0 Å². The molecule has 0 saturated carbocycles. The molecule has 1 aromatic rings. The first-order chi connectivity index (χ1) is 13.6. The molecule has 2 amide bonds. The maximum Gasteiger partial charge on any atom is 0.252 e. The predicted molar refractivity (Wildman–Crippen MR) is 105 cm³/mol. The lowest BCUT2D eigenvalue weighted by molar-refractivity contribution is -0.131. The number of hydrogen-bond acceptors (Lipinski definition) is 6. The maximum absolute atomic E-state index is 12.9. The highest BCUT2D eigenvalue weighted by Gasteiger charge is 2.49. The second-order valence-corrected chi connectivity index (χ2v) is 7.92. The Labute approximate surface area is 169 Å². The highest BCUT2D eigenvalue weighted by molar-refractivity contribution is 5.98. The zero-order valence-electron chi connectivity index (χ0n) is 16.9. The molecule has 4 N–H and O–H groups in total. The maximum atomic E-state index is 12.9. The van der Waals surface area contributed by atoms with Crippen LogP contribution < -0.4 is 11.1 Å². The summed E-state index contributed by atoms with van der Waals surface area (Å²) in [6, 6.07) is 5.53. The van der Waals surface area contributed by atoms with E-state index in [9.17, 15) is 24.3 Å². The number of Topliss-reactive ketones (excluding diaryl/α,β-unsaturated/α-hetero) is 2. The van der Waals surface area contributed by atoms with Crippen LogP contribution in [0, 0.1) is 11.8 Å². The van der Waals surface area contributed by atoms with Crippen LogP contribution in [0.3, 0.4) is 0 Å². The molecule has 0 aliphatic carbocycles. The van der Waals surface area contributed by atoms with Crippen molar-refractivity contribution in [3.63, 3.8) is 0 Å². The van der Waals surface area contributed by atoms with E-state index >= 15 is 0 Å². The van der Waals surface area contributed by atoms with Crippen LogP contribution in [0.2, 0.25) is 0 Å². The molecule has 1 aromatic carbocycles. The van der Waals surface area contributed by atoms with Crippen LogP contribution in [0.25, 0.3) is 0 Å². The first kappa shape index (κ1) is 22.5. The molecule has 2 rings (SSSR count). The summed E-state index contributed by atoms with van der Waals surface area (Å²) in [4.78, 5) is 48.3. The van der Waals surface area contributed by atoms with Crippen LogP contribution in [0.4, 0.5) is 0 Å². The number of rotatable bonds is 11. The van der Waals surface area contributed by atoms with Crippen LogP contribution in [-0.4, -0.2) is 46.7 Å². The number of amides is 2. The van der Waals surface area contributed by atoms with E-state index in [0.29, 0.717) is 6.42 Å². The first-order valence-electron chi connectivity index (χ1n) is 9.64. The number of carbonyl (C=O) groups excluding carboxylic acids is 4. The Kier molecular flexibility index (Phi) is 7.50. The fourth-order valence-electron chi connectivity index (χ4n) is 3.19. The Balaban J connectivity index is 2.04. The van der Waals surface area contributed by atoms with Crippen molar-refractivity contribution in [1.82, 2.24) is 5.32 Å². The van der Waals surface area contributed by atoms with Gasteiger partial charge in [0.25, 0.3) is 5.91 Å². The number of ketones is 2. The van der Waals surface area contributed by atoms with Gasteiger partial charge in [-0.05, 0) is 43.4 Å². The van der Waals surface area contributed by atoms with Crippen molar-refractivity contribution in [1.29, 1.82) is 0 Å². The van der Waals surface area contributed by atoms with Crippen molar-refractivity contribution in [2.24, 2.45) is 17.6 Å². The zero-order chi connectivity index (χ0) is 21.7.